The Morgan fingerprint density at radius 2 is 1.95 bits per heavy atom. The van der Waals surface area contributed by atoms with Gasteiger partial charge in [-0.15, -0.1) is 0 Å². The van der Waals surface area contributed by atoms with Gasteiger partial charge < -0.3 is 10.1 Å². The Balaban J connectivity index is 2.49. The maximum atomic E-state index is 11.7. The van der Waals surface area contributed by atoms with Gasteiger partial charge in [-0.05, 0) is 45.2 Å². The zero-order valence-corrected chi connectivity index (χ0v) is 13.4. The Morgan fingerprint density at radius 1 is 1.32 bits per heavy atom. The van der Waals surface area contributed by atoms with Crippen molar-refractivity contribution in [1.29, 1.82) is 0 Å². The molecule has 1 unspecified atom stereocenters. The Labute approximate surface area is 130 Å². The second-order valence-electron chi connectivity index (χ2n) is 6.00. The number of rotatable bonds is 6. The first-order valence-corrected chi connectivity index (χ1v) is 7.11. The first kappa shape index (κ1) is 17.7. The minimum absolute atomic E-state index is 0.0360. The summed E-state index contributed by atoms with van der Waals surface area (Å²) in [5, 5.41) is 6.51. The third-order valence-electron chi connectivity index (χ3n) is 2.63. The number of nitrogens with zero attached hydrogens (tertiary/aromatic N) is 1. The zero-order chi connectivity index (χ0) is 16.6. The van der Waals surface area contributed by atoms with Crippen LogP contribution in [0.5, 0.6) is 0 Å². The van der Waals surface area contributed by atoms with Crippen LogP contribution in [0.2, 0.25) is 0 Å². The molecule has 0 aliphatic carbocycles. The summed E-state index contributed by atoms with van der Waals surface area (Å²) in [7, 11) is 0. The van der Waals surface area contributed by atoms with E-state index in [0.29, 0.717) is 12.8 Å². The number of carbonyl (C=O) groups is 2. The fraction of sp³-hybridized carbons (Fsp3) is 0.438. The van der Waals surface area contributed by atoms with Gasteiger partial charge in [0, 0.05) is 6.04 Å². The van der Waals surface area contributed by atoms with Crippen molar-refractivity contribution in [3.63, 3.8) is 0 Å². The van der Waals surface area contributed by atoms with E-state index in [9.17, 15) is 9.59 Å². The zero-order valence-electron chi connectivity index (χ0n) is 13.4. The fourth-order valence-corrected chi connectivity index (χ4v) is 1.80. The highest BCUT2D eigenvalue weighted by Crippen LogP contribution is 2.09. The number of ether oxygens (including phenoxy) is 1. The Morgan fingerprint density at radius 3 is 2.50 bits per heavy atom. The molecular weight excluding hydrogens is 282 g/mol. The summed E-state index contributed by atoms with van der Waals surface area (Å²) in [6, 6.07) is 7.66. The molecule has 0 radical (unpaired) electrons. The number of carbonyl (C=O) groups excluding carboxylic acids is 2. The highest BCUT2D eigenvalue weighted by Gasteiger charge is 2.17. The van der Waals surface area contributed by atoms with Crippen LogP contribution in [0.15, 0.2) is 29.4 Å². The Bertz CT molecular complexity index is 518. The molecule has 0 saturated heterocycles. The standard InChI is InChI=1S/C16H23N3O3/c1-12(19-15(21)22-16(2,3)4)9-13-5-7-14(8-6-13)10-17-18-11-20/h5-8,10-12H,9H2,1-4H3,(H,18,20)(H,19,21)/b17-10+. The van der Waals surface area contributed by atoms with E-state index in [0.717, 1.165) is 11.1 Å². The number of alkyl carbamates (subject to hydrolysis) is 1. The summed E-state index contributed by atoms with van der Waals surface area (Å²) in [5.41, 5.74) is 3.68. The van der Waals surface area contributed by atoms with E-state index in [1.807, 2.05) is 52.0 Å². The van der Waals surface area contributed by atoms with Crippen molar-refractivity contribution in [2.75, 3.05) is 0 Å². The molecule has 1 aromatic rings. The lowest BCUT2D eigenvalue weighted by molar-refractivity contribution is -0.109. The van der Waals surface area contributed by atoms with Crippen LogP contribution in [-0.2, 0) is 16.0 Å². The molecule has 6 heteroatoms. The van der Waals surface area contributed by atoms with Crippen molar-refractivity contribution in [2.24, 2.45) is 5.10 Å². The van der Waals surface area contributed by atoms with Gasteiger partial charge in [0.25, 0.3) is 0 Å². The molecule has 0 fully saturated rings. The van der Waals surface area contributed by atoms with Crippen LogP contribution in [-0.4, -0.2) is 30.4 Å². The van der Waals surface area contributed by atoms with Crippen molar-refractivity contribution in [3.8, 4) is 0 Å². The number of nitrogens with one attached hydrogen (secondary N) is 2. The van der Waals surface area contributed by atoms with Crippen LogP contribution in [0, 0.1) is 0 Å². The van der Waals surface area contributed by atoms with E-state index in [-0.39, 0.29) is 6.04 Å². The molecule has 120 valence electrons. The number of benzene rings is 1. The summed E-state index contributed by atoms with van der Waals surface area (Å²) in [6.45, 7) is 7.41. The maximum absolute atomic E-state index is 11.7. The van der Waals surface area contributed by atoms with E-state index in [1.54, 1.807) is 6.21 Å². The minimum atomic E-state index is -0.500. The first-order valence-electron chi connectivity index (χ1n) is 7.11. The molecule has 1 rings (SSSR count). The highest BCUT2D eigenvalue weighted by molar-refractivity contribution is 5.79. The molecule has 0 aliphatic rings. The van der Waals surface area contributed by atoms with Crippen molar-refractivity contribution in [1.82, 2.24) is 10.7 Å². The third-order valence-corrected chi connectivity index (χ3v) is 2.63. The normalized spacial score (nSPS) is 12.7. The number of hydrazone groups is 1. The molecule has 6 nitrogen and oxygen atoms in total. The average molecular weight is 305 g/mol. The highest BCUT2D eigenvalue weighted by atomic mass is 16.6. The monoisotopic (exact) mass is 305 g/mol. The van der Waals surface area contributed by atoms with Crippen LogP contribution < -0.4 is 10.7 Å². The summed E-state index contributed by atoms with van der Waals surface area (Å²) < 4.78 is 5.22. The van der Waals surface area contributed by atoms with Gasteiger partial charge in [0.05, 0.1) is 6.21 Å². The van der Waals surface area contributed by atoms with Crippen molar-refractivity contribution < 1.29 is 14.3 Å². The predicted octanol–water partition coefficient (Wildman–Crippen LogP) is 2.22. The molecule has 0 saturated carbocycles. The topological polar surface area (TPSA) is 79.8 Å². The van der Waals surface area contributed by atoms with Crippen LogP contribution in [0.1, 0.15) is 38.8 Å². The summed E-state index contributed by atoms with van der Waals surface area (Å²) in [6.07, 6.45) is 2.35. The van der Waals surface area contributed by atoms with E-state index in [1.165, 1.54) is 0 Å². The summed E-state index contributed by atoms with van der Waals surface area (Å²) in [5.74, 6) is 0. The second kappa shape index (κ2) is 8.17. The van der Waals surface area contributed by atoms with Crippen molar-refractivity contribution >= 4 is 18.7 Å². The van der Waals surface area contributed by atoms with Gasteiger partial charge in [-0.3, -0.25) is 4.79 Å². The van der Waals surface area contributed by atoms with E-state index < -0.39 is 11.7 Å². The smallest absolute Gasteiger partial charge is 0.407 e. The minimum Gasteiger partial charge on any atom is -0.444 e. The molecule has 0 heterocycles. The van der Waals surface area contributed by atoms with Crippen molar-refractivity contribution in [2.45, 2.75) is 45.8 Å². The fourth-order valence-electron chi connectivity index (χ4n) is 1.80. The largest absolute Gasteiger partial charge is 0.444 e. The summed E-state index contributed by atoms with van der Waals surface area (Å²) in [4.78, 5) is 21.7. The van der Waals surface area contributed by atoms with Crippen LogP contribution >= 0.6 is 0 Å². The van der Waals surface area contributed by atoms with Gasteiger partial charge >= 0.3 is 6.09 Å². The lowest BCUT2D eigenvalue weighted by Crippen LogP contribution is -2.38. The van der Waals surface area contributed by atoms with E-state index in [2.05, 4.69) is 15.8 Å². The Kier molecular flexibility index (Phi) is 6.56. The molecule has 0 spiro atoms. The van der Waals surface area contributed by atoms with Gasteiger partial charge in [0.2, 0.25) is 6.41 Å². The van der Waals surface area contributed by atoms with E-state index in [4.69, 9.17) is 4.74 Å². The lowest BCUT2D eigenvalue weighted by Gasteiger charge is -2.22. The predicted molar refractivity (Wildman–Crippen MR) is 85.8 cm³/mol. The SMILES string of the molecule is CC(Cc1ccc(/C=N/NC=O)cc1)NC(=O)OC(C)(C)C. The summed E-state index contributed by atoms with van der Waals surface area (Å²) >= 11 is 0. The quantitative estimate of drug-likeness (QED) is 0.480. The van der Waals surface area contributed by atoms with Crippen LogP contribution in [0.3, 0.4) is 0 Å². The van der Waals surface area contributed by atoms with Gasteiger partial charge in [0.15, 0.2) is 0 Å². The average Bonchev–Trinajstić information content (AvgIpc) is 2.38. The van der Waals surface area contributed by atoms with E-state index >= 15 is 0 Å². The number of hydrogen-bond donors (Lipinski definition) is 2. The van der Waals surface area contributed by atoms with Gasteiger partial charge in [-0.1, -0.05) is 24.3 Å². The number of amides is 2. The molecular formula is C16H23N3O3. The molecule has 0 bridgehead atoms. The van der Waals surface area contributed by atoms with Crippen molar-refractivity contribution in [3.05, 3.63) is 35.4 Å². The molecule has 2 amide bonds. The van der Waals surface area contributed by atoms with Gasteiger partial charge in [0.1, 0.15) is 5.60 Å². The first-order chi connectivity index (χ1) is 10.3. The van der Waals surface area contributed by atoms with Crippen LogP contribution in [0.4, 0.5) is 4.79 Å². The lowest BCUT2D eigenvalue weighted by atomic mass is 10.1. The number of hydrogen-bond acceptors (Lipinski definition) is 4. The molecule has 2 N–H and O–H groups in total. The molecule has 1 aromatic carbocycles. The molecule has 1 atom stereocenters. The van der Waals surface area contributed by atoms with Crippen LogP contribution in [0.25, 0.3) is 0 Å². The Hall–Kier alpha value is -2.37. The van der Waals surface area contributed by atoms with Gasteiger partial charge in [-0.2, -0.15) is 5.10 Å². The molecule has 0 aliphatic heterocycles. The maximum Gasteiger partial charge on any atom is 0.407 e. The van der Waals surface area contributed by atoms with Gasteiger partial charge in [-0.25, -0.2) is 10.2 Å². The second-order valence-corrected chi connectivity index (χ2v) is 6.00. The molecule has 0 aromatic heterocycles. The third kappa shape index (κ3) is 7.42. The molecule has 22 heavy (non-hydrogen) atoms.